The first-order valence-electron chi connectivity index (χ1n) is 11.9. The lowest BCUT2D eigenvalue weighted by Crippen LogP contribution is -2.32. The molecule has 1 fully saturated rings. The minimum absolute atomic E-state index is 0.0328. The van der Waals surface area contributed by atoms with Gasteiger partial charge in [-0.25, -0.2) is 0 Å². The molecule has 3 aromatic rings. The van der Waals surface area contributed by atoms with E-state index in [1.165, 1.54) is 29.4 Å². The van der Waals surface area contributed by atoms with Crippen molar-refractivity contribution in [2.45, 2.75) is 47.1 Å². The predicted molar refractivity (Wildman–Crippen MR) is 136 cm³/mol. The summed E-state index contributed by atoms with van der Waals surface area (Å²) in [5, 5.41) is 1.20. The second kappa shape index (κ2) is 10.3. The number of piperidine rings is 1. The molecule has 1 aromatic heterocycles. The third-order valence-electron chi connectivity index (χ3n) is 6.57. The number of aliphatic imine (C=N–C) groups is 1. The van der Waals surface area contributed by atoms with E-state index in [0.29, 0.717) is 0 Å². The number of Topliss-reactive ketones (excluding diaryl/α,β-unsaturated/α-hetero) is 1. The average molecular weight is 446 g/mol. The van der Waals surface area contributed by atoms with Crippen molar-refractivity contribution in [2.24, 2.45) is 10.9 Å². The van der Waals surface area contributed by atoms with Gasteiger partial charge in [0.25, 0.3) is 0 Å². The molecule has 5 heteroatoms. The van der Waals surface area contributed by atoms with E-state index in [4.69, 9.17) is 4.74 Å². The lowest BCUT2D eigenvalue weighted by molar-refractivity contribution is -0.119. The van der Waals surface area contributed by atoms with Crippen LogP contribution in [0.1, 0.15) is 47.6 Å². The second-order valence-electron chi connectivity index (χ2n) is 9.57. The van der Waals surface area contributed by atoms with Crippen molar-refractivity contribution >= 4 is 22.9 Å². The first-order chi connectivity index (χ1) is 15.9. The van der Waals surface area contributed by atoms with E-state index in [1.807, 2.05) is 26.1 Å². The lowest BCUT2D eigenvalue weighted by atomic mass is 9.98. The smallest absolute Gasteiger partial charge is 0.191 e. The van der Waals surface area contributed by atoms with Crippen molar-refractivity contribution in [1.82, 2.24) is 9.88 Å². The zero-order valence-corrected chi connectivity index (χ0v) is 20.3. The second-order valence-corrected chi connectivity index (χ2v) is 9.57. The predicted octanol–water partition coefficient (Wildman–Crippen LogP) is 5.39. The van der Waals surface area contributed by atoms with E-state index in [0.717, 1.165) is 53.5 Å². The van der Waals surface area contributed by atoms with Crippen LogP contribution in [0.4, 0.5) is 0 Å². The van der Waals surface area contributed by atoms with Gasteiger partial charge in [0.1, 0.15) is 18.9 Å². The number of aromatic nitrogens is 1. The summed E-state index contributed by atoms with van der Waals surface area (Å²) in [6.07, 6.45) is 6.48. The molecule has 1 aliphatic heterocycles. The molecule has 174 valence electrons. The Morgan fingerprint density at radius 3 is 2.64 bits per heavy atom. The maximum Gasteiger partial charge on any atom is 0.191 e. The Labute approximate surface area is 196 Å². The van der Waals surface area contributed by atoms with Crippen LogP contribution in [0.25, 0.3) is 10.9 Å². The number of nitrogens with one attached hydrogen (secondary N) is 1. The highest BCUT2D eigenvalue weighted by atomic mass is 16.5. The van der Waals surface area contributed by atoms with Crippen molar-refractivity contribution in [3.8, 4) is 5.75 Å². The van der Waals surface area contributed by atoms with Crippen molar-refractivity contribution < 1.29 is 9.53 Å². The summed E-state index contributed by atoms with van der Waals surface area (Å²) in [7, 11) is 0. The van der Waals surface area contributed by atoms with Gasteiger partial charge in [0, 0.05) is 35.4 Å². The summed E-state index contributed by atoms with van der Waals surface area (Å²) in [6, 6.07) is 10.3. The molecule has 0 bridgehead atoms. The van der Waals surface area contributed by atoms with Gasteiger partial charge in [0.05, 0.1) is 0 Å². The van der Waals surface area contributed by atoms with Crippen LogP contribution in [0.5, 0.6) is 5.75 Å². The van der Waals surface area contributed by atoms with Crippen LogP contribution in [-0.4, -0.2) is 48.1 Å². The number of carbonyl (C=O) groups excluding carboxylic acids is 1. The third-order valence-corrected chi connectivity index (χ3v) is 6.57. The number of ether oxygens (including phenoxy) is 1. The Kier molecular flexibility index (Phi) is 7.29. The molecule has 4 rings (SSSR count). The molecule has 1 aliphatic rings. The number of aromatic amines is 1. The van der Waals surface area contributed by atoms with Gasteiger partial charge in [-0.05, 0) is 75.4 Å². The van der Waals surface area contributed by atoms with Gasteiger partial charge >= 0.3 is 0 Å². The van der Waals surface area contributed by atoms with Crippen LogP contribution in [0.3, 0.4) is 0 Å². The SMILES string of the molecule is Cc1cc(C)c(OCC(=O)CN=Cc2cccc3[nH]cc(CN4CCC(C)CC4)c23)c(C)c1. The number of aryl methyl sites for hydroxylation is 3. The fourth-order valence-electron chi connectivity index (χ4n) is 4.82. The molecule has 1 saturated heterocycles. The summed E-state index contributed by atoms with van der Waals surface area (Å²) in [5.74, 6) is 1.59. The molecule has 33 heavy (non-hydrogen) atoms. The normalized spacial score (nSPS) is 15.5. The molecular formula is C28H35N3O2. The van der Waals surface area contributed by atoms with Crippen molar-refractivity contribution in [2.75, 3.05) is 26.2 Å². The molecule has 0 spiro atoms. The van der Waals surface area contributed by atoms with Gasteiger partial charge < -0.3 is 9.72 Å². The van der Waals surface area contributed by atoms with Gasteiger partial charge in [0.2, 0.25) is 0 Å². The minimum atomic E-state index is -0.0328. The number of H-pyrrole nitrogens is 1. The number of benzene rings is 2. The monoisotopic (exact) mass is 445 g/mol. The molecule has 0 unspecified atom stereocenters. The number of carbonyl (C=O) groups is 1. The van der Waals surface area contributed by atoms with E-state index in [9.17, 15) is 4.79 Å². The molecule has 0 atom stereocenters. The van der Waals surface area contributed by atoms with Gasteiger partial charge in [-0.2, -0.15) is 0 Å². The fraction of sp³-hybridized carbons (Fsp3) is 0.429. The van der Waals surface area contributed by atoms with Crippen molar-refractivity contribution in [3.05, 3.63) is 64.3 Å². The highest BCUT2D eigenvalue weighted by molar-refractivity contribution is 6.01. The van der Waals surface area contributed by atoms with Crippen LogP contribution in [0, 0.1) is 26.7 Å². The molecular weight excluding hydrogens is 410 g/mol. The molecule has 5 nitrogen and oxygen atoms in total. The first-order valence-corrected chi connectivity index (χ1v) is 11.9. The van der Waals surface area contributed by atoms with E-state index >= 15 is 0 Å². The van der Waals surface area contributed by atoms with Gasteiger partial charge in [0.15, 0.2) is 5.78 Å². The molecule has 0 amide bonds. The van der Waals surface area contributed by atoms with Crippen LogP contribution in [0.2, 0.25) is 0 Å². The molecule has 2 aromatic carbocycles. The quantitative estimate of drug-likeness (QED) is 0.473. The van der Waals surface area contributed by atoms with E-state index in [-0.39, 0.29) is 18.9 Å². The highest BCUT2D eigenvalue weighted by Gasteiger charge is 2.18. The average Bonchev–Trinajstić information content (AvgIpc) is 3.18. The van der Waals surface area contributed by atoms with Gasteiger partial charge in [-0.15, -0.1) is 0 Å². The maximum absolute atomic E-state index is 12.4. The Balaban J connectivity index is 1.39. The molecule has 0 aliphatic carbocycles. The standard InChI is InChI=1S/C28H35N3O2/c1-19-8-10-31(11-9-19)17-24-15-30-26-7-5-6-23(27(24)26)14-29-16-25(32)18-33-28-21(3)12-20(2)13-22(28)4/h5-7,12-15,19,30H,8-11,16-18H2,1-4H3. The number of rotatable bonds is 8. The largest absolute Gasteiger partial charge is 0.485 e. The van der Waals surface area contributed by atoms with Crippen molar-refractivity contribution in [3.63, 3.8) is 0 Å². The van der Waals surface area contributed by atoms with Gasteiger partial charge in [-0.1, -0.05) is 36.8 Å². The van der Waals surface area contributed by atoms with Crippen LogP contribution in [-0.2, 0) is 11.3 Å². The Hall–Kier alpha value is -2.92. The summed E-state index contributed by atoms with van der Waals surface area (Å²) >= 11 is 0. The summed E-state index contributed by atoms with van der Waals surface area (Å²) in [4.78, 5) is 22.8. The number of ketones is 1. The van der Waals surface area contributed by atoms with Crippen molar-refractivity contribution in [1.29, 1.82) is 0 Å². The van der Waals surface area contributed by atoms with Crippen LogP contribution >= 0.6 is 0 Å². The summed E-state index contributed by atoms with van der Waals surface area (Å²) in [6.45, 7) is 11.8. The summed E-state index contributed by atoms with van der Waals surface area (Å²) in [5.41, 5.74) is 6.76. The Morgan fingerprint density at radius 2 is 1.91 bits per heavy atom. The zero-order valence-electron chi connectivity index (χ0n) is 20.3. The van der Waals surface area contributed by atoms with E-state index in [1.54, 1.807) is 0 Å². The van der Waals surface area contributed by atoms with Crippen LogP contribution in [0.15, 0.2) is 41.5 Å². The Morgan fingerprint density at radius 1 is 1.18 bits per heavy atom. The fourth-order valence-corrected chi connectivity index (χ4v) is 4.82. The number of hydrogen-bond donors (Lipinski definition) is 1. The van der Waals surface area contributed by atoms with E-state index in [2.05, 4.69) is 59.2 Å². The zero-order chi connectivity index (χ0) is 23.4. The van der Waals surface area contributed by atoms with Gasteiger partial charge in [-0.3, -0.25) is 14.7 Å². The Bertz CT molecular complexity index is 1130. The first kappa shape index (κ1) is 23.2. The minimum Gasteiger partial charge on any atom is -0.485 e. The molecule has 0 radical (unpaired) electrons. The number of nitrogens with zero attached hydrogens (tertiary/aromatic N) is 2. The maximum atomic E-state index is 12.4. The topological polar surface area (TPSA) is 57.7 Å². The lowest BCUT2D eigenvalue weighted by Gasteiger charge is -2.30. The van der Waals surface area contributed by atoms with E-state index < -0.39 is 0 Å². The summed E-state index contributed by atoms with van der Waals surface area (Å²) < 4.78 is 5.82. The molecule has 1 N–H and O–H groups in total. The number of likely N-dealkylation sites (tertiary alicyclic amines) is 1. The molecule has 2 heterocycles. The highest BCUT2D eigenvalue weighted by Crippen LogP contribution is 2.26. The molecule has 0 saturated carbocycles. The number of hydrogen-bond acceptors (Lipinski definition) is 4. The number of fused-ring (bicyclic) bond motifs is 1. The van der Waals surface area contributed by atoms with Crippen LogP contribution < -0.4 is 4.74 Å². The third kappa shape index (κ3) is 5.72.